The Kier molecular flexibility index (Phi) is 5.82. The van der Waals surface area contributed by atoms with Gasteiger partial charge in [0.2, 0.25) is 0 Å². The topological polar surface area (TPSA) is 89.2 Å². The van der Waals surface area contributed by atoms with E-state index in [4.69, 9.17) is 4.42 Å². The SMILES string of the molecule is O=C(NCCCn1ccnc1-c1ccccc1)C(=O)NCc1ccco1. The van der Waals surface area contributed by atoms with Crippen molar-refractivity contribution in [2.75, 3.05) is 6.54 Å². The van der Waals surface area contributed by atoms with Crippen molar-refractivity contribution in [2.24, 2.45) is 0 Å². The lowest BCUT2D eigenvalue weighted by atomic mass is 10.2. The molecular weight excluding hydrogens is 332 g/mol. The first-order valence-corrected chi connectivity index (χ1v) is 8.39. The van der Waals surface area contributed by atoms with Gasteiger partial charge in [0.1, 0.15) is 11.6 Å². The average molecular weight is 352 g/mol. The second-order valence-electron chi connectivity index (χ2n) is 5.68. The third kappa shape index (κ3) is 4.60. The van der Waals surface area contributed by atoms with Crippen LogP contribution in [0, 0.1) is 0 Å². The molecule has 3 aromatic rings. The summed E-state index contributed by atoms with van der Waals surface area (Å²) in [5.74, 6) is 0.160. The van der Waals surface area contributed by atoms with Gasteiger partial charge in [0.05, 0.1) is 12.8 Å². The zero-order chi connectivity index (χ0) is 18.2. The third-order valence-electron chi connectivity index (χ3n) is 3.82. The summed E-state index contributed by atoms with van der Waals surface area (Å²) >= 11 is 0. The molecule has 0 atom stereocenters. The molecular formula is C19H20N4O3. The van der Waals surface area contributed by atoms with Crippen molar-refractivity contribution < 1.29 is 14.0 Å². The summed E-state index contributed by atoms with van der Waals surface area (Å²) in [7, 11) is 0. The van der Waals surface area contributed by atoms with Crippen molar-refractivity contribution in [3.63, 3.8) is 0 Å². The van der Waals surface area contributed by atoms with E-state index in [1.165, 1.54) is 6.26 Å². The summed E-state index contributed by atoms with van der Waals surface area (Å²) in [5.41, 5.74) is 1.04. The molecule has 2 amide bonds. The number of imidazole rings is 1. The van der Waals surface area contributed by atoms with Crippen LogP contribution >= 0.6 is 0 Å². The Morgan fingerprint density at radius 3 is 2.62 bits per heavy atom. The Morgan fingerprint density at radius 1 is 1.04 bits per heavy atom. The van der Waals surface area contributed by atoms with Crippen molar-refractivity contribution in [2.45, 2.75) is 19.5 Å². The van der Waals surface area contributed by atoms with Crippen LogP contribution in [0.1, 0.15) is 12.2 Å². The van der Waals surface area contributed by atoms with E-state index in [1.54, 1.807) is 18.3 Å². The van der Waals surface area contributed by atoms with E-state index in [1.807, 2.05) is 41.1 Å². The molecule has 0 saturated heterocycles. The molecule has 26 heavy (non-hydrogen) atoms. The van der Waals surface area contributed by atoms with Crippen molar-refractivity contribution >= 4 is 11.8 Å². The summed E-state index contributed by atoms with van der Waals surface area (Å²) in [5, 5.41) is 5.13. The maximum absolute atomic E-state index is 11.8. The number of carbonyl (C=O) groups excluding carboxylic acids is 2. The number of nitrogens with zero attached hydrogens (tertiary/aromatic N) is 2. The number of benzene rings is 1. The number of furan rings is 1. The number of nitrogens with one attached hydrogen (secondary N) is 2. The zero-order valence-corrected chi connectivity index (χ0v) is 14.2. The molecule has 2 aromatic heterocycles. The minimum Gasteiger partial charge on any atom is -0.467 e. The van der Waals surface area contributed by atoms with Crippen LogP contribution in [0.4, 0.5) is 0 Å². The number of hydrogen-bond donors (Lipinski definition) is 2. The van der Waals surface area contributed by atoms with Gasteiger partial charge in [-0.1, -0.05) is 30.3 Å². The monoisotopic (exact) mass is 352 g/mol. The number of aryl methyl sites for hydroxylation is 1. The normalized spacial score (nSPS) is 10.5. The van der Waals surface area contributed by atoms with Crippen LogP contribution in [0.3, 0.4) is 0 Å². The Morgan fingerprint density at radius 2 is 1.85 bits per heavy atom. The number of carbonyl (C=O) groups is 2. The average Bonchev–Trinajstić information content (AvgIpc) is 3.35. The molecule has 0 spiro atoms. The van der Waals surface area contributed by atoms with Crippen LogP contribution in [0.15, 0.2) is 65.5 Å². The summed E-state index contributed by atoms with van der Waals surface area (Å²) in [4.78, 5) is 27.9. The van der Waals surface area contributed by atoms with E-state index in [-0.39, 0.29) is 6.54 Å². The van der Waals surface area contributed by atoms with Crippen molar-refractivity contribution in [1.29, 1.82) is 0 Å². The fourth-order valence-corrected chi connectivity index (χ4v) is 2.53. The van der Waals surface area contributed by atoms with Crippen molar-refractivity contribution in [3.8, 4) is 11.4 Å². The van der Waals surface area contributed by atoms with E-state index in [0.717, 1.165) is 11.4 Å². The molecule has 7 nitrogen and oxygen atoms in total. The standard InChI is InChI=1S/C19H20N4O3/c24-18(19(25)22-14-16-8-4-13-26-16)21-9-5-11-23-12-10-20-17(23)15-6-2-1-3-7-15/h1-4,6-8,10,12-13H,5,9,11,14H2,(H,21,24)(H,22,25). The molecule has 0 radical (unpaired) electrons. The van der Waals surface area contributed by atoms with Crippen LogP contribution in [-0.4, -0.2) is 27.9 Å². The Labute approximate surface area is 151 Å². The largest absolute Gasteiger partial charge is 0.467 e. The lowest BCUT2D eigenvalue weighted by Crippen LogP contribution is -2.40. The summed E-state index contributed by atoms with van der Waals surface area (Å²) in [6.45, 7) is 1.28. The summed E-state index contributed by atoms with van der Waals surface area (Å²) in [6, 6.07) is 13.4. The molecule has 0 unspecified atom stereocenters. The van der Waals surface area contributed by atoms with Crippen LogP contribution in [0.2, 0.25) is 0 Å². The van der Waals surface area contributed by atoms with Crippen LogP contribution < -0.4 is 10.6 Å². The van der Waals surface area contributed by atoms with Crippen LogP contribution in [-0.2, 0) is 22.7 Å². The first-order chi connectivity index (χ1) is 12.7. The predicted octanol–water partition coefficient (Wildman–Crippen LogP) is 1.97. The smallest absolute Gasteiger partial charge is 0.309 e. The molecule has 0 saturated carbocycles. The van der Waals surface area contributed by atoms with Gasteiger partial charge < -0.3 is 19.6 Å². The van der Waals surface area contributed by atoms with Gasteiger partial charge in [-0.05, 0) is 18.6 Å². The van der Waals surface area contributed by atoms with Gasteiger partial charge in [0.15, 0.2) is 0 Å². The number of amides is 2. The molecule has 1 aromatic carbocycles. The first-order valence-electron chi connectivity index (χ1n) is 8.39. The van der Waals surface area contributed by atoms with Crippen molar-refractivity contribution in [3.05, 3.63) is 66.9 Å². The lowest BCUT2D eigenvalue weighted by Gasteiger charge is -2.09. The molecule has 0 bridgehead atoms. The molecule has 2 N–H and O–H groups in total. The molecule has 134 valence electrons. The minimum absolute atomic E-state index is 0.189. The minimum atomic E-state index is -0.672. The van der Waals surface area contributed by atoms with Gasteiger partial charge in [0.25, 0.3) is 0 Å². The highest BCUT2D eigenvalue weighted by Gasteiger charge is 2.13. The van der Waals surface area contributed by atoms with Crippen LogP contribution in [0.25, 0.3) is 11.4 Å². The van der Waals surface area contributed by atoms with Gasteiger partial charge >= 0.3 is 11.8 Å². The fraction of sp³-hybridized carbons (Fsp3) is 0.211. The Bertz CT molecular complexity index is 841. The maximum Gasteiger partial charge on any atom is 0.309 e. The number of aromatic nitrogens is 2. The highest BCUT2D eigenvalue weighted by atomic mass is 16.3. The summed E-state index contributed by atoms with van der Waals surface area (Å²) in [6.07, 6.45) is 5.86. The quantitative estimate of drug-likeness (QED) is 0.502. The van der Waals surface area contributed by atoms with Gasteiger partial charge in [-0.15, -0.1) is 0 Å². The lowest BCUT2D eigenvalue weighted by molar-refractivity contribution is -0.139. The highest BCUT2D eigenvalue weighted by molar-refractivity contribution is 6.35. The highest BCUT2D eigenvalue weighted by Crippen LogP contribution is 2.16. The van der Waals surface area contributed by atoms with Gasteiger partial charge in [0, 0.05) is 31.0 Å². The van der Waals surface area contributed by atoms with E-state index < -0.39 is 11.8 Å². The molecule has 0 aliphatic carbocycles. The maximum atomic E-state index is 11.8. The number of rotatable bonds is 7. The molecule has 0 aliphatic rings. The molecule has 0 aliphatic heterocycles. The third-order valence-corrected chi connectivity index (χ3v) is 3.82. The molecule has 3 rings (SSSR count). The molecule has 0 fully saturated rings. The van der Waals surface area contributed by atoms with Crippen LogP contribution in [0.5, 0.6) is 0 Å². The predicted molar refractivity (Wildman–Crippen MR) is 95.8 cm³/mol. The van der Waals surface area contributed by atoms with E-state index in [0.29, 0.717) is 25.3 Å². The first kappa shape index (κ1) is 17.5. The van der Waals surface area contributed by atoms with Gasteiger partial charge in [-0.2, -0.15) is 0 Å². The van der Waals surface area contributed by atoms with E-state index in [2.05, 4.69) is 15.6 Å². The second kappa shape index (κ2) is 8.66. The fourth-order valence-electron chi connectivity index (χ4n) is 2.53. The second-order valence-corrected chi connectivity index (χ2v) is 5.68. The van der Waals surface area contributed by atoms with Crippen molar-refractivity contribution in [1.82, 2.24) is 20.2 Å². The Balaban J connectivity index is 1.41. The van der Waals surface area contributed by atoms with Gasteiger partial charge in [-0.3, -0.25) is 9.59 Å². The van der Waals surface area contributed by atoms with E-state index >= 15 is 0 Å². The molecule has 2 heterocycles. The van der Waals surface area contributed by atoms with E-state index in [9.17, 15) is 9.59 Å². The zero-order valence-electron chi connectivity index (χ0n) is 14.2. The summed E-state index contributed by atoms with van der Waals surface area (Å²) < 4.78 is 7.12. The van der Waals surface area contributed by atoms with Gasteiger partial charge in [-0.25, -0.2) is 4.98 Å². The molecule has 7 heteroatoms. The number of hydrogen-bond acceptors (Lipinski definition) is 4. The Hall–Kier alpha value is -3.35.